The van der Waals surface area contributed by atoms with Crippen molar-refractivity contribution < 1.29 is 38.1 Å². The molecule has 0 bridgehead atoms. The number of amides is 4. The number of nitrogens with one attached hydrogen (secondary N) is 1. The van der Waals surface area contributed by atoms with E-state index in [4.69, 9.17) is 18.9 Å². The summed E-state index contributed by atoms with van der Waals surface area (Å²) in [4.78, 5) is 54.0. The Bertz CT molecular complexity index is 1050. The number of methoxy groups -OCH3 is 1. The fraction of sp³-hybridized carbons (Fsp3) is 0.600. The van der Waals surface area contributed by atoms with E-state index in [1.807, 2.05) is 0 Å². The second kappa shape index (κ2) is 9.51. The molecule has 1 aliphatic heterocycles. The minimum absolute atomic E-state index is 0.164. The third-order valence-electron chi connectivity index (χ3n) is 4.79. The zero-order valence-electron chi connectivity index (χ0n) is 22.9. The van der Waals surface area contributed by atoms with Crippen LogP contribution in [0.3, 0.4) is 0 Å². The zero-order chi connectivity index (χ0) is 27.9. The van der Waals surface area contributed by atoms with Crippen LogP contribution in [0.25, 0.3) is 0 Å². The molecule has 0 aliphatic carbocycles. The lowest BCUT2D eigenvalue weighted by atomic mass is 9.92. The van der Waals surface area contributed by atoms with Crippen molar-refractivity contribution in [1.29, 1.82) is 0 Å². The monoisotopic (exact) mass is 507 g/mol. The van der Waals surface area contributed by atoms with Crippen LogP contribution in [0.15, 0.2) is 18.2 Å². The molecule has 1 aromatic rings. The van der Waals surface area contributed by atoms with Crippen LogP contribution in [0, 0.1) is 0 Å². The SMILES string of the molecule is COc1ccc2c(c1)[C@](C)(N(NC(=O)OC(C)(C)C)C(=O)OC(C)(C)C)C(=O)N2C(=O)OC(C)(C)C. The highest BCUT2D eigenvalue weighted by Gasteiger charge is 2.58. The number of carbonyl (C=O) groups excluding carboxylic acids is 4. The van der Waals surface area contributed by atoms with Crippen molar-refractivity contribution >= 4 is 29.9 Å². The number of hydrazine groups is 1. The summed E-state index contributed by atoms with van der Waals surface area (Å²) in [5, 5.41) is 0.733. The molecule has 0 radical (unpaired) electrons. The Morgan fingerprint density at radius 3 is 1.89 bits per heavy atom. The Kier molecular flexibility index (Phi) is 7.59. The van der Waals surface area contributed by atoms with E-state index < -0.39 is 46.5 Å². The van der Waals surface area contributed by atoms with E-state index in [1.165, 1.54) is 26.2 Å². The number of ether oxygens (including phenoxy) is 4. The van der Waals surface area contributed by atoms with Crippen LogP contribution in [0.5, 0.6) is 5.75 Å². The Labute approximate surface area is 211 Å². The van der Waals surface area contributed by atoms with E-state index in [9.17, 15) is 19.2 Å². The van der Waals surface area contributed by atoms with Gasteiger partial charge >= 0.3 is 18.3 Å². The first kappa shape index (κ1) is 28.7. The summed E-state index contributed by atoms with van der Waals surface area (Å²) in [5.74, 6) is -0.484. The molecule has 0 fully saturated rings. The second-order valence-corrected chi connectivity index (χ2v) is 11.5. The predicted octanol–water partition coefficient (Wildman–Crippen LogP) is 4.87. The standard InChI is InChI=1S/C25H37N3O8/c1-22(2,3)34-19(30)26-28(21(32)36-24(7,8)9)25(10)16-14-15(33-11)12-13-17(16)27(18(25)29)20(31)35-23(4,5)6/h12-14H,1-11H3,(H,26,30)/t25-/m0/s1. The van der Waals surface area contributed by atoms with Crippen molar-refractivity contribution in [2.75, 3.05) is 12.0 Å². The highest BCUT2D eigenvalue weighted by atomic mass is 16.6. The maximum absolute atomic E-state index is 13.9. The van der Waals surface area contributed by atoms with Gasteiger partial charge in [-0.1, -0.05) is 0 Å². The molecule has 1 atom stereocenters. The Morgan fingerprint density at radius 1 is 0.889 bits per heavy atom. The number of imide groups is 1. The first-order valence-electron chi connectivity index (χ1n) is 11.5. The minimum Gasteiger partial charge on any atom is -0.497 e. The third kappa shape index (κ3) is 6.38. The number of carbonyl (C=O) groups is 4. The van der Waals surface area contributed by atoms with Crippen LogP contribution in [0.2, 0.25) is 0 Å². The number of anilines is 1. The van der Waals surface area contributed by atoms with E-state index in [1.54, 1.807) is 68.4 Å². The number of rotatable bonds is 2. The molecule has 2 rings (SSSR count). The summed E-state index contributed by atoms with van der Waals surface area (Å²) in [6.07, 6.45) is -2.98. The fourth-order valence-electron chi connectivity index (χ4n) is 3.41. The van der Waals surface area contributed by atoms with Crippen LogP contribution >= 0.6 is 0 Å². The van der Waals surface area contributed by atoms with Gasteiger partial charge in [0.25, 0.3) is 5.91 Å². The molecular formula is C25H37N3O8. The van der Waals surface area contributed by atoms with Gasteiger partial charge in [0, 0.05) is 5.56 Å². The average molecular weight is 508 g/mol. The molecule has 0 aromatic heterocycles. The summed E-state index contributed by atoms with van der Waals surface area (Å²) in [6.45, 7) is 16.2. The molecule has 1 aromatic carbocycles. The van der Waals surface area contributed by atoms with Crippen molar-refractivity contribution in [2.24, 2.45) is 0 Å². The van der Waals surface area contributed by atoms with Crippen molar-refractivity contribution in [2.45, 2.75) is 91.6 Å². The summed E-state index contributed by atoms with van der Waals surface area (Å²) in [7, 11) is 1.44. The lowest BCUT2D eigenvalue weighted by Gasteiger charge is -2.38. The molecule has 0 unspecified atom stereocenters. The Hall–Kier alpha value is -3.50. The van der Waals surface area contributed by atoms with Gasteiger partial charge in [-0.05, 0) is 87.4 Å². The Morgan fingerprint density at radius 2 is 1.42 bits per heavy atom. The molecule has 1 N–H and O–H groups in total. The summed E-state index contributed by atoms with van der Waals surface area (Å²) >= 11 is 0. The van der Waals surface area contributed by atoms with Crippen LogP contribution in [-0.2, 0) is 24.5 Å². The third-order valence-corrected chi connectivity index (χ3v) is 4.79. The number of hydrogen-bond donors (Lipinski definition) is 1. The zero-order valence-corrected chi connectivity index (χ0v) is 22.9. The van der Waals surface area contributed by atoms with E-state index in [0.717, 1.165) is 9.91 Å². The summed E-state index contributed by atoms with van der Waals surface area (Å²) in [6, 6.07) is 4.57. The molecule has 4 amide bonds. The number of hydrogen-bond acceptors (Lipinski definition) is 8. The van der Waals surface area contributed by atoms with Crippen LogP contribution in [0.1, 0.15) is 74.8 Å². The average Bonchev–Trinajstić information content (AvgIpc) is 2.89. The number of fused-ring (bicyclic) bond motifs is 1. The molecule has 36 heavy (non-hydrogen) atoms. The van der Waals surface area contributed by atoms with Gasteiger partial charge in [0.05, 0.1) is 12.8 Å². The van der Waals surface area contributed by atoms with Gasteiger partial charge < -0.3 is 18.9 Å². The lowest BCUT2D eigenvalue weighted by Crippen LogP contribution is -2.62. The second-order valence-electron chi connectivity index (χ2n) is 11.5. The topological polar surface area (TPSA) is 124 Å². The molecule has 0 saturated heterocycles. The molecule has 11 nitrogen and oxygen atoms in total. The van der Waals surface area contributed by atoms with Crippen molar-refractivity contribution in [1.82, 2.24) is 10.4 Å². The van der Waals surface area contributed by atoms with Crippen LogP contribution in [0.4, 0.5) is 20.1 Å². The lowest BCUT2D eigenvalue weighted by molar-refractivity contribution is -0.130. The maximum atomic E-state index is 13.9. The van der Waals surface area contributed by atoms with Crippen molar-refractivity contribution in [3.05, 3.63) is 23.8 Å². The van der Waals surface area contributed by atoms with Gasteiger partial charge in [-0.15, -0.1) is 0 Å². The first-order valence-corrected chi connectivity index (χ1v) is 11.5. The molecular weight excluding hydrogens is 470 g/mol. The minimum atomic E-state index is -1.93. The van der Waals surface area contributed by atoms with Gasteiger partial charge in [-0.3, -0.25) is 4.79 Å². The highest BCUT2D eigenvalue weighted by molar-refractivity contribution is 6.21. The molecule has 200 valence electrons. The van der Waals surface area contributed by atoms with E-state index in [2.05, 4.69) is 5.43 Å². The Balaban J connectivity index is 2.70. The molecule has 0 saturated carbocycles. The molecule has 11 heteroatoms. The number of benzene rings is 1. The van der Waals surface area contributed by atoms with Crippen LogP contribution in [-0.4, -0.2) is 53.1 Å². The summed E-state index contributed by atoms with van der Waals surface area (Å²) < 4.78 is 21.6. The van der Waals surface area contributed by atoms with E-state index in [0.29, 0.717) is 5.75 Å². The first-order chi connectivity index (χ1) is 16.2. The maximum Gasteiger partial charge on any atom is 0.430 e. The van der Waals surface area contributed by atoms with E-state index in [-0.39, 0.29) is 11.3 Å². The van der Waals surface area contributed by atoms with Gasteiger partial charge in [0.15, 0.2) is 5.54 Å². The van der Waals surface area contributed by atoms with Crippen molar-refractivity contribution in [3.8, 4) is 5.75 Å². The van der Waals surface area contributed by atoms with E-state index >= 15 is 0 Å². The molecule has 1 heterocycles. The highest BCUT2D eigenvalue weighted by Crippen LogP contribution is 2.46. The number of nitrogens with zero attached hydrogens (tertiary/aromatic N) is 2. The fourth-order valence-corrected chi connectivity index (χ4v) is 3.41. The van der Waals surface area contributed by atoms with Gasteiger partial charge in [0.1, 0.15) is 22.6 Å². The van der Waals surface area contributed by atoms with Crippen molar-refractivity contribution in [3.63, 3.8) is 0 Å². The predicted molar refractivity (Wildman–Crippen MR) is 132 cm³/mol. The summed E-state index contributed by atoms with van der Waals surface area (Å²) in [5.41, 5.74) is -1.97. The molecule has 1 aliphatic rings. The molecule has 0 spiro atoms. The van der Waals surface area contributed by atoms with Crippen LogP contribution < -0.4 is 15.1 Å². The smallest absolute Gasteiger partial charge is 0.430 e. The van der Waals surface area contributed by atoms with Gasteiger partial charge in [0.2, 0.25) is 0 Å². The van der Waals surface area contributed by atoms with Gasteiger partial charge in [-0.2, -0.15) is 5.01 Å². The van der Waals surface area contributed by atoms with Gasteiger partial charge in [-0.25, -0.2) is 24.7 Å². The normalized spacial score (nSPS) is 17.8. The quantitative estimate of drug-likeness (QED) is 0.444. The largest absolute Gasteiger partial charge is 0.497 e.